The summed E-state index contributed by atoms with van der Waals surface area (Å²) in [6.07, 6.45) is 2.60. The van der Waals surface area contributed by atoms with Crippen molar-refractivity contribution in [3.63, 3.8) is 0 Å². The summed E-state index contributed by atoms with van der Waals surface area (Å²) in [5.74, 6) is 0.485. The summed E-state index contributed by atoms with van der Waals surface area (Å²) in [5.41, 5.74) is 0.554. The number of morpholine rings is 1. The van der Waals surface area contributed by atoms with E-state index in [9.17, 15) is 4.79 Å². The van der Waals surface area contributed by atoms with Gasteiger partial charge < -0.3 is 15.4 Å². The van der Waals surface area contributed by atoms with Gasteiger partial charge in [-0.1, -0.05) is 0 Å². The van der Waals surface area contributed by atoms with E-state index in [1.54, 1.807) is 19.3 Å². The maximum absolute atomic E-state index is 12.2. The van der Waals surface area contributed by atoms with Crippen molar-refractivity contribution >= 4 is 27.7 Å². The van der Waals surface area contributed by atoms with Crippen LogP contribution >= 0.6 is 15.9 Å². The number of nitrogens with one attached hydrogen (secondary N) is 2. The molecule has 0 bridgehead atoms. The van der Waals surface area contributed by atoms with Gasteiger partial charge in [0, 0.05) is 37.4 Å². The number of anilines is 1. The summed E-state index contributed by atoms with van der Waals surface area (Å²) in [5, 5.41) is 5.87. The first-order chi connectivity index (χ1) is 10.2. The predicted molar refractivity (Wildman–Crippen MR) is 85.7 cm³/mol. The first kappa shape index (κ1) is 16.2. The molecule has 0 spiro atoms. The van der Waals surface area contributed by atoms with Crippen LogP contribution in [0.4, 0.5) is 5.82 Å². The number of amides is 1. The second-order valence-corrected chi connectivity index (χ2v) is 5.78. The lowest BCUT2D eigenvalue weighted by molar-refractivity contribution is 0.0374. The second-order valence-electron chi connectivity index (χ2n) is 4.86. The Morgan fingerprint density at radius 1 is 1.48 bits per heavy atom. The minimum Gasteiger partial charge on any atom is -0.379 e. The van der Waals surface area contributed by atoms with Gasteiger partial charge in [0.2, 0.25) is 0 Å². The number of carbonyl (C=O) groups excluding carboxylic acids is 1. The zero-order valence-electron chi connectivity index (χ0n) is 12.2. The summed E-state index contributed by atoms with van der Waals surface area (Å²) >= 11 is 3.34. The lowest BCUT2D eigenvalue weighted by Crippen LogP contribution is -2.38. The van der Waals surface area contributed by atoms with Crippen LogP contribution in [0.5, 0.6) is 0 Å². The fraction of sp³-hybridized carbons (Fsp3) is 0.571. The summed E-state index contributed by atoms with van der Waals surface area (Å²) in [4.78, 5) is 18.7. The van der Waals surface area contributed by atoms with Crippen LogP contribution in [0.25, 0.3) is 0 Å². The molecule has 2 heterocycles. The van der Waals surface area contributed by atoms with E-state index in [0.29, 0.717) is 17.9 Å². The number of hydrogen-bond acceptors (Lipinski definition) is 5. The third-order valence-corrected chi connectivity index (χ3v) is 3.81. The van der Waals surface area contributed by atoms with Crippen molar-refractivity contribution in [2.75, 3.05) is 51.8 Å². The molecule has 0 unspecified atom stereocenters. The van der Waals surface area contributed by atoms with Crippen molar-refractivity contribution in [2.45, 2.75) is 6.42 Å². The summed E-state index contributed by atoms with van der Waals surface area (Å²) in [7, 11) is 1.76. The molecule has 0 aromatic carbocycles. The molecule has 2 N–H and O–H groups in total. The minimum absolute atomic E-state index is 0.102. The highest BCUT2D eigenvalue weighted by atomic mass is 79.9. The Labute approximate surface area is 133 Å². The Kier molecular flexibility index (Phi) is 6.41. The molecule has 0 radical (unpaired) electrons. The molecule has 1 aliphatic heterocycles. The predicted octanol–water partition coefficient (Wildman–Crippen LogP) is 1.34. The second kappa shape index (κ2) is 8.31. The summed E-state index contributed by atoms with van der Waals surface area (Å²) in [6.45, 7) is 5.22. The smallest absolute Gasteiger partial charge is 0.255 e. The maximum Gasteiger partial charge on any atom is 0.255 e. The first-order valence-corrected chi connectivity index (χ1v) is 7.91. The largest absolute Gasteiger partial charge is 0.379 e. The van der Waals surface area contributed by atoms with Crippen molar-refractivity contribution in [3.8, 4) is 0 Å². The van der Waals surface area contributed by atoms with Crippen molar-refractivity contribution in [3.05, 3.63) is 22.3 Å². The number of aromatic nitrogens is 1. The normalized spacial score (nSPS) is 15.7. The van der Waals surface area contributed by atoms with E-state index in [4.69, 9.17) is 4.74 Å². The average Bonchev–Trinajstić information content (AvgIpc) is 2.52. The van der Waals surface area contributed by atoms with Gasteiger partial charge in [-0.25, -0.2) is 4.98 Å². The summed E-state index contributed by atoms with van der Waals surface area (Å²) in [6, 6.07) is 1.77. The topological polar surface area (TPSA) is 66.5 Å². The van der Waals surface area contributed by atoms with Crippen LogP contribution in [-0.4, -0.2) is 62.2 Å². The average molecular weight is 357 g/mol. The lowest BCUT2D eigenvalue weighted by Gasteiger charge is -2.26. The third-order valence-electron chi connectivity index (χ3n) is 3.38. The Hall–Kier alpha value is -1.18. The van der Waals surface area contributed by atoms with Crippen LogP contribution in [0.1, 0.15) is 16.8 Å². The highest BCUT2D eigenvalue weighted by Crippen LogP contribution is 2.17. The number of halogens is 1. The van der Waals surface area contributed by atoms with Gasteiger partial charge in [0.05, 0.1) is 18.8 Å². The number of nitrogens with zero attached hydrogens (tertiary/aromatic N) is 2. The standard InChI is InChI=1S/C14H21BrN4O2/c1-16-13-12(9-11(15)10-18-13)14(20)17-3-2-4-19-5-7-21-8-6-19/h9-10H,2-8H2,1H3,(H,16,18)(H,17,20). The molecule has 0 saturated carbocycles. The van der Waals surface area contributed by atoms with E-state index in [0.717, 1.165) is 43.7 Å². The Balaban J connectivity index is 1.77. The van der Waals surface area contributed by atoms with Crippen LogP contribution in [0.15, 0.2) is 16.7 Å². The number of pyridine rings is 1. The van der Waals surface area contributed by atoms with Gasteiger partial charge >= 0.3 is 0 Å². The SMILES string of the molecule is CNc1ncc(Br)cc1C(=O)NCCCN1CCOCC1. The van der Waals surface area contributed by atoms with Gasteiger partial charge in [0.1, 0.15) is 5.82 Å². The number of hydrogen-bond donors (Lipinski definition) is 2. The molecule has 2 rings (SSSR count). The van der Waals surface area contributed by atoms with Crippen molar-refractivity contribution in [1.29, 1.82) is 0 Å². The van der Waals surface area contributed by atoms with Gasteiger partial charge in [-0.15, -0.1) is 0 Å². The number of carbonyl (C=O) groups is 1. The van der Waals surface area contributed by atoms with E-state index >= 15 is 0 Å². The molecule has 7 heteroatoms. The van der Waals surface area contributed by atoms with E-state index in [-0.39, 0.29) is 5.91 Å². The van der Waals surface area contributed by atoms with Gasteiger partial charge in [0.15, 0.2) is 0 Å². The molecule has 6 nitrogen and oxygen atoms in total. The monoisotopic (exact) mass is 356 g/mol. The Morgan fingerprint density at radius 3 is 2.95 bits per heavy atom. The zero-order valence-corrected chi connectivity index (χ0v) is 13.8. The Bertz CT molecular complexity index is 478. The third kappa shape index (κ3) is 4.94. The highest BCUT2D eigenvalue weighted by Gasteiger charge is 2.13. The fourth-order valence-electron chi connectivity index (χ4n) is 2.24. The molecule has 1 aliphatic rings. The van der Waals surface area contributed by atoms with Gasteiger partial charge in [-0.2, -0.15) is 0 Å². The fourth-order valence-corrected chi connectivity index (χ4v) is 2.57. The number of ether oxygens (including phenoxy) is 1. The molecule has 1 aromatic rings. The van der Waals surface area contributed by atoms with E-state index < -0.39 is 0 Å². The number of rotatable bonds is 6. The molecule has 1 aromatic heterocycles. The molecule has 21 heavy (non-hydrogen) atoms. The zero-order chi connectivity index (χ0) is 15.1. The first-order valence-electron chi connectivity index (χ1n) is 7.12. The summed E-state index contributed by atoms with van der Waals surface area (Å²) < 4.78 is 6.10. The molecule has 1 amide bonds. The van der Waals surface area contributed by atoms with E-state index in [2.05, 4.69) is 36.4 Å². The molecule has 116 valence electrons. The van der Waals surface area contributed by atoms with Crippen LogP contribution in [0, 0.1) is 0 Å². The van der Waals surface area contributed by atoms with Crippen LogP contribution in [0.3, 0.4) is 0 Å². The highest BCUT2D eigenvalue weighted by molar-refractivity contribution is 9.10. The van der Waals surface area contributed by atoms with Crippen molar-refractivity contribution < 1.29 is 9.53 Å². The molecular weight excluding hydrogens is 336 g/mol. The molecular formula is C14H21BrN4O2. The minimum atomic E-state index is -0.102. The maximum atomic E-state index is 12.2. The van der Waals surface area contributed by atoms with Gasteiger partial charge in [-0.3, -0.25) is 9.69 Å². The van der Waals surface area contributed by atoms with Crippen LogP contribution in [-0.2, 0) is 4.74 Å². The van der Waals surface area contributed by atoms with Crippen LogP contribution < -0.4 is 10.6 Å². The van der Waals surface area contributed by atoms with Crippen molar-refractivity contribution in [1.82, 2.24) is 15.2 Å². The van der Waals surface area contributed by atoms with E-state index in [1.165, 1.54) is 0 Å². The van der Waals surface area contributed by atoms with Crippen molar-refractivity contribution in [2.24, 2.45) is 0 Å². The van der Waals surface area contributed by atoms with Crippen LogP contribution in [0.2, 0.25) is 0 Å². The molecule has 0 aliphatic carbocycles. The lowest BCUT2D eigenvalue weighted by atomic mass is 10.2. The van der Waals surface area contributed by atoms with Gasteiger partial charge in [0.25, 0.3) is 5.91 Å². The molecule has 1 fully saturated rings. The quantitative estimate of drug-likeness (QED) is 0.753. The van der Waals surface area contributed by atoms with E-state index in [1.807, 2.05) is 0 Å². The van der Waals surface area contributed by atoms with Gasteiger partial charge in [-0.05, 0) is 35.0 Å². The molecule has 1 saturated heterocycles. The Morgan fingerprint density at radius 2 is 2.24 bits per heavy atom. The molecule has 0 atom stereocenters.